The third-order valence-electron chi connectivity index (χ3n) is 5.80. The minimum Gasteiger partial charge on any atom is -0.464 e. The lowest BCUT2D eigenvalue weighted by Crippen LogP contribution is -2.60. The number of ether oxygens (including phenoxy) is 5. The van der Waals surface area contributed by atoms with E-state index in [0.29, 0.717) is 23.4 Å². The normalized spacial score (nSPS) is 22.3. The number of aryl methyl sites for hydroxylation is 1. The van der Waals surface area contributed by atoms with Gasteiger partial charge >= 0.3 is 23.9 Å². The van der Waals surface area contributed by atoms with Gasteiger partial charge in [-0.25, -0.2) is 0 Å². The number of hydrogen-bond acceptors (Lipinski definition) is 12. The fourth-order valence-corrected chi connectivity index (χ4v) is 4.75. The number of rotatable bonds is 8. The van der Waals surface area contributed by atoms with Gasteiger partial charge in [0, 0.05) is 39.0 Å². The summed E-state index contributed by atoms with van der Waals surface area (Å²) in [5.41, 5.74) is 1.10. The Bertz CT molecular complexity index is 1340. The molecule has 3 heterocycles. The van der Waals surface area contributed by atoms with Crippen molar-refractivity contribution in [3.63, 3.8) is 0 Å². The summed E-state index contributed by atoms with van der Waals surface area (Å²) >= 11 is 5.72. The van der Waals surface area contributed by atoms with Crippen molar-refractivity contribution in [1.82, 2.24) is 4.57 Å². The first-order valence-electron chi connectivity index (χ1n) is 12.0. The second-order valence-electron chi connectivity index (χ2n) is 8.63. The zero-order chi connectivity index (χ0) is 28.9. The topological polar surface area (TPSA) is 156 Å². The maximum absolute atomic E-state index is 12.2. The van der Waals surface area contributed by atoms with Crippen molar-refractivity contribution in [2.24, 2.45) is 0 Å². The zero-order valence-corrected chi connectivity index (χ0v) is 22.8. The molecule has 0 unspecified atom stereocenters. The predicted molar refractivity (Wildman–Crippen MR) is 134 cm³/mol. The average Bonchev–Trinajstić information content (AvgIpc) is 3.39. The van der Waals surface area contributed by atoms with E-state index in [1.807, 2.05) is 6.92 Å². The lowest BCUT2D eigenvalue weighted by Gasteiger charge is -2.45. The first kappa shape index (κ1) is 29.5. The Morgan fingerprint density at radius 2 is 1.62 bits per heavy atom. The summed E-state index contributed by atoms with van der Waals surface area (Å²) < 4.78 is 34.9. The van der Waals surface area contributed by atoms with E-state index in [4.69, 9.17) is 40.3 Å². The highest BCUT2D eigenvalue weighted by molar-refractivity contribution is 7.71. The van der Waals surface area contributed by atoms with Crippen LogP contribution in [0.1, 0.15) is 52.1 Å². The van der Waals surface area contributed by atoms with Gasteiger partial charge < -0.3 is 32.7 Å². The molecule has 2 aromatic heterocycles. The SMILES string of the molecule is CCc1cc(-c2ccco2)c(C#N)c(=S)n1[C@@H]1O[C@@H](COC(C)=O)[C@@H](OC(C)=O)[C@@H](OC(C)=O)[C@H]1OC(C)=O. The van der Waals surface area contributed by atoms with Gasteiger partial charge in [0.15, 0.2) is 24.5 Å². The van der Waals surface area contributed by atoms with Crippen LogP contribution >= 0.6 is 12.2 Å². The molecule has 39 heavy (non-hydrogen) atoms. The second kappa shape index (κ2) is 12.7. The molecule has 1 saturated heterocycles. The van der Waals surface area contributed by atoms with Crippen LogP contribution in [0.3, 0.4) is 0 Å². The molecule has 3 rings (SSSR count). The summed E-state index contributed by atoms with van der Waals surface area (Å²) in [6.45, 7) is 6.05. The van der Waals surface area contributed by atoms with Gasteiger partial charge in [-0.05, 0) is 24.6 Å². The number of hydrogen-bond donors (Lipinski definition) is 0. The molecule has 208 valence electrons. The van der Waals surface area contributed by atoms with Crippen LogP contribution in [0.15, 0.2) is 28.9 Å². The van der Waals surface area contributed by atoms with E-state index in [1.165, 1.54) is 17.8 Å². The van der Waals surface area contributed by atoms with Crippen LogP contribution in [-0.4, -0.2) is 59.5 Å². The smallest absolute Gasteiger partial charge is 0.303 e. The Balaban J connectivity index is 2.28. The van der Waals surface area contributed by atoms with Crippen LogP contribution in [0, 0.1) is 16.0 Å². The van der Waals surface area contributed by atoms with E-state index in [1.54, 1.807) is 18.2 Å². The summed E-state index contributed by atoms with van der Waals surface area (Å²) in [5, 5.41) is 10.0. The second-order valence-corrected chi connectivity index (χ2v) is 9.02. The number of furan rings is 1. The fourth-order valence-electron chi connectivity index (χ4n) is 4.37. The minimum absolute atomic E-state index is 0.0316. The number of carbonyl (C=O) groups excluding carboxylic acids is 4. The average molecular weight is 561 g/mol. The molecule has 0 aliphatic carbocycles. The van der Waals surface area contributed by atoms with Crippen molar-refractivity contribution >= 4 is 36.1 Å². The van der Waals surface area contributed by atoms with Gasteiger partial charge in [-0.15, -0.1) is 0 Å². The molecule has 12 nitrogen and oxygen atoms in total. The summed E-state index contributed by atoms with van der Waals surface area (Å²) in [6.07, 6.45) is -4.66. The highest BCUT2D eigenvalue weighted by Gasteiger charge is 2.53. The van der Waals surface area contributed by atoms with Crippen LogP contribution in [0.5, 0.6) is 0 Å². The molecule has 0 saturated carbocycles. The molecule has 0 amide bonds. The van der Waals surface area contributed by atoms with Gasteiger partial charge in [0.1, 0.15) is 29.2 Å². The lowest BCUT2D eigenvalue weighted by atomic mass is 9.96. The van der Waals surface area contributed by atoms with Crippen LogP contribution in [0.4, 0.5) is 0 Å². The molecular weight excluding hydrogens is 532 g/mol. The third kappa shape index (κ3) is 6.71. The van der Waals surface area contributed by atoms with Crippen molar-refractivity contribution < 1.29 is 47.3 Å². The molecule has 1 fully saturated rings. The monoisotopic (exact) mass is 560 g/mol. The molecule has 1 aliphatic heterocycles. The van der Waals surface area contributed by atoms with Gasteiger partial charge in [0.25, 0.3) is 0 Å². The van der Waals surface area contributed by atoms with Crippen LogP contribution < -0.4 is 0 Å². The molecule has 13 heteroatoms. The number of aromatic nitrogens is 1. The lowest BCUT2D eigenvalue weighted by molar-refractivity contribution is -0.269. The summed E-state index contributed by atoms with van der Waals surface area (Å²) in [7, 11) is 0. The zero-order valence-electron chi connectivity index (χ0n) is 22.0. The van der Waals surface area contributed by atoms with E-state index < -0.39 is 61.1 Å². The molecule has 1 aliphatic rings. The van der Waals surface area contributed by atoms with Crippen molar-refractivity contribution in [2.75, 3.05) is 6.61 Å². The maximum Gasteiger partial charge on any atom is 0.303 e. The number of pyridine rings is 1. The molecule has 0 N–H and O–H groups in total. The quantitative estimate of drug-likeness (QED) is 0.264. The number of esters is 4. The van der Waals surface area contributed by atoms with E-state index in [0.717, 1.165) is 20.8 Å². The fraction of sp³-hybridized carbons (Fsp3) is 0.462. The Morgan fingerprint density at radius 3 is 2.13 bits per heavy atom. The molecule has 0 bridgehead atoms. The first-order valence-corrected chi connectivity index (χ1v) is 12.4. The maximum atomic E-state index is 12.2. The van der Waals surface area contributed by atoms with E-state index in [-0.39, 0.29) is 10.2 Å². The molecule has 2 aromatic rings. The van der Waals surface area contributed by atoms with Crippen molar-refractivity contribution in [1.29, 1.82) is 5.26 Å². The number of carbonyl (C=O) groups is 4. The van der Waals surface area contributed by atoms with Gasteiger partial charge in [0.05, 0.1) is 11.8 Å². The Labute approximate surface area is 229 Å². The highest BCUT2D eigenvalue weighted by atomic mass is 32.1. The van der Waals surface area contributed by atoms with E-state index >= 15 is 0 Å². The Morgan fingerprint density at radius 1 is 1.00 bits per heavy atom. The molecule has 0 spiro atoms. The largest absolute Gasteiger partial charge is 0.464 e. The van der Waals surface area contributed by atoms with E-state index in [2.05, 4.69) is 6.07 Å². The summed E-state index contributed by atoms with van der Waals surface area (Å²) in [4.78, 5) is 48.0. The standard InChI is InChI=1S/C26H28N2O10S/c1-6-17-10-18(20-8-7-9-33-20)19(11-27)26(39)28(17)25-24(37-16(5)32)23(36-15(4)31)22(35-14(3)30)21(38-25)12-34-13(2)29/h7-10,21-25H,6,12H2,1-5H3/t21-,22+,23+,24+,25+/m0/s1. The Hall–Kier alpha value is -4.02. The van der Waals surface area contributed by atoms with Crippen molar-refractivity contribution in [3.05, 3.63) is 40.4 Å². The molecule has 0 aromatic carbocycles. The van der Waals surface area contributed by atoms with Crippen LogP contribution in [0.25, 0.3) is 11.3 Å². The highest BCUT2D eigenvalue weighted by Crippen LogP contribution is 2.37. The molecule has 5 atom stereocenters. The summed E-state index contributed by atoms with van der Waals surface area (Å²) in [6, 6.07) is 7.15. The molecule has 0 radical (unpaired) electrons. The van der Waals surface area contributed by atoms with E-state index in [9.17, 15) is 24.4 Å². The van der Waals surface area contributed by atoms with Gasteiger partial charge in [-0.2, -0.15) is 5.26 Å². The van der Waals surface area contributed by atoms with Crippen molar-refractivity contribution in [2.45, 2.75) is 71.7 Å². The number of nitriles is 1. The van der Waals surface area contributed by atoms with Crippen LogP contribution in [-0.2, 0) is 49.3 Å². The van der Waals surface area contributed by atoms with Gasteiger partial charge in [0.2, 0.25) is 0 Å². The first-order chi connectivity index (χ1) is 18.5. The van der Waals surface area contributed by atoms with Crippen LogP contribution in [0.2, 0.25) is 0 Å². The minimum atomic E-state index is -1.38. The number of nitrogens with zero attached hydrogens (tertiary/aromatic N) is 2. The van der Waals surface area contributed by atoms with Gasteiger partial charge in [-0.1, -0.05) is 19.1 Å². The summed E-state index contributed by atoms with van der Waals surface area (Å²) in [5.74, 6) is -2.47. The van der Waals surface area contributed by atoms with Gasteiger partial charge in [-0.3, -0.25) is 19.2 Å². The predicted octanol–water partition coefficient (Wildman–Crippen LogP) is 3.17. The molecular formula is C26H28N2O10S. The third-order valence-corrected chi connectivity index (χ3v) is 6.20. The van der Waals surface area contributed by atoms with Crippen molar-refractivity contribution in [3.8, 4) is 17.4 Å². The Kier molecular flexibility index (Phi) is 9.61.